The lowest BCUT2D eigenvalue weighted by atomic mass is 10.1. The van der Waals surface area contributed by atoms with Crippen molar-refractivity contribution >= 4 is 0 Å². The molecule has 0 saturated carbocycles. The van der Waals surface area contributed by atoms with E-state index in [0.29, 0.717) is 19.3 Å². The van der Waals surface area contributed by atoms with E-state index in [9.17, 15) is 22.0 Å². The molecule has 0 aliphatic heterocycles. The van der Waals surface area contributed by atoms with Crippen LogP contribution in [0.4, 0.5) is 22.0 Å². The largest absolute Gasteiger partial charge is 0.455 e. The predicted octanol–water partition coefficient (Wildman–Crippen LogP) is 3.78. The van der Waals surface area contributed by atoms with E-state index in [-0.39, 0.29) is 0 Å². The summed E-state index contributed by atoms with van der Waals surface area (Å²) in [5.74, 6) is -4.76. The van der Waals surface area contributed by atoms with Crippen molar-refractivity contribution in [3.05, 3.63) is 0 Å². The van der Waals surface area contributed by atoms with E-state index in [2.05, 4.69) is 4.74 Å². The summed E-state index contributed by atoms with van der Waals surface area (Å²) in [6, 6.07) is 0. The van der Waals surface area contributed by atoms with Crippen LogP contribution in [0.15, 0.2) is 0 Å². The van der Waals surface area contributed by atoms with Crippen molar-refractivity contribution in [2.24, 2.45) is 0 Å². The summed E-state index contributed by atoms with van der Waals surface area (Å²) in [4.78, 5) is 0. The Morgan fingerprint density at radius 2 is 1.60 bits per heavy atom. The fourth-order valence-corrected chi connectivity index (χ4v) is 1.03. The van der Waals surface area contributed by atoms with Crippen LogP contribution in [0.25, 0.3) is 0 Å². The Kier molecular flexibility index (Phi) is 5.48. The van der Waals surface area contributed by atoms with E-state index in [0.717, 1.165) is 0 Å². The first-order valence-corrected chi connectivity index (χ1v) is 4.80. The zero-order valence-corrected chi connectivity index (χ0v) is 8.70. The van der Waals surface area contributed by atoms with Gasteiger partial charge in [0.25, 0.3) is 0 Å². The molecule has 0 aliphatic carbocycles. The molecule has 0 aromatic carbocycles. The minimum atomic E-state index is -5.53. The molecule has 0 aromatic rings. The van der Waals surface area contributed by atoms with E-state index in [1.54, 1.807) is 6.92 Å². The van der Waals surface area contributed by atoms with Crippen LogP contribution in [0.1, 0.15) is 33.1 Å². The van der Waals surface area contributed by atoms with Crippen LogP contribution in [0.3, 0.4) is 0 Å². The molecule has 1 atom stereocenters. The molecule has 0 aliphatic rings. The first-order valence-electron chi connectivity index (χ1n) is 4.80. The van der Waals surface area contributed by atoms with Gasteiger partial charge in [0.2, 0.25) is 0 Å². The molecule has 1 nitrogen and oxygen atoms in total. The smallest absolute Gasteiger partial charge is 0.372 e. The molecular formula is C9H15F5O. The molecule has 0 bridgehead atoms. The van der Waals surface area contributed by atoms with Crippen molar-refractivity contribution in [2.75, 3.05) is 6.61 Å². The number of alkyl halides is 5. The quantitative estimate of drug-likeness (QED) is 0.635. The van der Waals surface area contributed by atoms with E-state index in [1.807, 2.05) is 6.92 Å². The third kappa shape index (κ3) is 4.77. The third-order valence-corrected chi connectivity index (χ3v) is 1.98. The second kappa shape index (κ2) is 5.63. The van der Waals surface area contributed by atoms with Gasteiger partial charge in [-0.2, -0.15) is 22.0 Å². The van der Waals surface area contributed by atoms with E-state index in [1.165, 1.54) is 0 Å². The van der Waals surface area contributed by atoms with Crippen LogP contribution >= 0.6 is 0 Å². The lowest BCUT2D eigenvalue weighted by Gasteiger charge is -2.22. The molecule has 0 heterocycles. The second-order valence-corrected chi connectivity index (χ2v) is 3.33. The fraction of sp³-hybridized carbons (Fsp3) is 1.00. The first kappa shape index (κ1) is 14.6. The van der Waals surface area contributed by atoms with Crippen molar-refractivity contribution < 1.29 is 26.7 Å². The van der Waals surface area contributed by atoms with Gasteiger partial charge in [-0.15, -0.1) is 0 Å². The molecule has 0 rings (SSSR count). The summed E-state index contributed by atoms with van der Waals surface area (Å²) in [6.45, 7) is 1.91. The van der Waals surface area contributed by atoms with Crippen molar-refractivity contribution in [3.63, 3.8) is 0 Å². The average molecular weight is 234 g/mol. The van der Waals surface area contributed by atoms with Gasteiger partial charge in [0.05, 0.1) is 6.10 Å². The van der Waals surface area contributed by atoms with Crippen molar-refractivity contribution in [3.8, 4) is 0 Å². The van der Waals surface area contributed by atoms with Crippen LogP contribution in [-0.4, -0.2) is 24.8 Å². The summed E-state index contributed by atoms with van der Waals surface area (Å²) in [5.41, 5.74) is 0. The molecule has 92 valence electrons. The van der Waals surface area contributed by atoms with Crippen LogP contribution < -0.4 is 0 Å². The first-order chi connectivity index (χ1) is 6.74. The number of ether oxygens (including phenoxy) is 1. The van der Waals surface area contributed by atoms with Crippen LogP contribution in [-0.2, 0) is 4.74 Å². The number of halogens is 5. The van der Waals surface area contributed by atoms with Crippen LogP contribution in [0, 0.1) is 0 Å². The highest BCUT2D eigenvalue weighted by molar-refractivity contribution is 4.75. The normalized spacial score (nSPS) is 15.4. The second-order valence-electron chi connectivity index (χ2n) is 3.33. The highest BCUT2D eigenvalue weighted by atomic mass is 19.4. The highest BCUT2D eigenvalue weighted by Crippen LogP contribution is 2.35. The number of hydrogen-bond acceptors (Lipinski definition) is 1. The van der Waals surface area contributed by atoms with Gasteiger partial charge in [-0.25, -0.2) is 0 Å². The average Bonchev–Trinajstić information content (AvgIpc) is 2.10. The SMILES string of the molecule is CCCC(CC)OCC(F)(F)C(F)(F)F. The van der Waals surface area contributed by atoms with Gasteiger partial charge in [0.1, 0.15) is 6.61 Å². The lowest BCUT2D eigenvalue weighted by Crippen LogP contribution is -2.41. The van der Waals surface area contributed by atoms with Gasteiger partial charge < -0.3 is 4.74 Å². The maximum atomic E-state index is 12.4. The third-order valence-electron chi connectivity index (χ3n) is 1.98. The molecule has 15 heavy (non-hydrogen) atoms. The van der Waals surface area contributed by atoms with Crippen LogP contribution in [0.5, 0.6) is 0 Å². The van der Waals surface area contributed by atoms with E-state index in [4.69, 9.17) is 0 Å². The van der Waals surface area contributed by atoms with E-state index >= 15 is 0 Å². The summed E-state index contributed by atoms with van der Waals surface area (Å²) < 4.78 is 64.6. The lowest BCUT2D eigenvalue weighted by molar-refractivity contribution is -0.300. The molecule has 1 unspecified atom stereocenters. The summed E-state index contributed by atoms with van der Waals surface area (Å²) >= 11 is 0. The number of rotatable bonds is 6. The Balaban J connectivity index is 4.12. The molecule has 0 aromatic heterocycles. The van der Waals surface area contributed by atoms with Crippen LogP contribution in [0.2, 0.25) is 0 Å². The Morgan fingerprint density at radius 1 is 1.07 bits per heavy atom. The van der Waals surface area contributed by atoms with Gasteiger partial charge in [0, 0.05) is 0 Å². The zero-order valence-electron chi connectivity index (χ0n) is 8.70. The maximum absolute atomic E-state index is 12.4. The van der Waals surface area contributed by atoms with Gasteiger partial charge in [-0.05, 0) is 12.8 Å². The molecule has 0 amide bonds. The Morgan fingerprint density at radius 3 is 1.93 bits per heavy atom. The molecule has 6 heteroatoms. The molecule has 0 fully saturated rings. The Labute approximate surface area is 85.6 Å². The number of hydrogen-bond donors (Lipinski definition) is 0. The topological polar surface area (TPSA) is 9.23 Å². The molecule has 0 spiro atoms. The summed E-state index contributed by atoms with van der Waals surface area (Å²) in [7, 11) is 0. The van der Waals surface area contributed by atoms with Crippen molar-refractivity contribution in [1.82, 2.24) is 0 Å². The van der Waals surface area contributed by atoms with Gasteiger partial charge in [0.15, 0.2) is 0 Å². The Bertz CT molecular complexity index is 178. The minimum Gasteiger partial charge on any atom is -0.372 e. The highest BCUT2D eigenvalue weighted by Gasteiger charge is 2.57. The standard InChI is InChI=1S/C9H15F5O/c1-3-5-7(4-2)15-6-8(10,11)9(12,13)14/h7H,3-6H2,1-2H3. The van der Waals surface area contributed by atoms with Crippen molar-refractivity contribution in [2.45, 2.75) is 51.3 Å². The molecule has 0 saturated heterocycles. The molecule has 0 radical (unpaired) electrons. The fourth-order valence-electron chi connectivity index (χ4n) is 1.03. The zero-order chi connectivity index (χ0) is 12.1. The van der Waals surface area contributed by atoms with Gasteiger partial charge in [-0.3, -0.25) is 0 Å². The minimum absolute atomic E-state index is 0.432. The van der Waals surface area contributed by atoms with Crippen molar-refractivity contribution in [1.29, 1.82) is 0 Å². The summed E-state index contributed by atoms with van der Waals surface area (Å²) in [5, 5.41) is 0. The van der Waals surface area contributed by atoms with E-state index < -0.39 is 24.8 Å². The molecule has 0 N–H and O–H groups in total. The monoisotopic (exact) mass is 234 g/mol. The molecular weight excluding hydrogens is 219 g/mol. The maximum Gasteiger partial charge on any atom is 0.455 e. The van der Waals surface area contributed by atoms with Gasteiger partial charge >= 0.3 is 12.1 Å². The summed E-state index contributed by atoms with van der Waals surface area (Å²) in [6.07, 6.45) is -4.44. The predicted molar refractivity (Wildman–Crippen MR) is 45.9 cm³/mol. The Hall–Kier alpha value is -0.390. The van der Waals surface area contributed by atoms with Gasteiger partial charge in [-0.1, -0.05) is 20.3 Å².